The van der Waals surface area contributed by atoms with E-state index in [-0.39, 0.29) is 6.04 Å². The van der Waals surface area contributed by atoms with Gasteiger partial charge < -0.3 is 14.4 Å². The Bertz CT molecular complexity index is 1050. The Morgan fingerprint density at radius 3 is 2.50 bits per heavy atom. The van der Waals surface area contributed by atoms with Crippen LogP contribution in [0.4, 0.5) is 11.5 Å². The van der Waals surface area contributed by atoms with E-state index in [0.717, 1.165) is 28.1 Å². The fraction of sp³-hybridized carbons (Fsp3) is 0.263. The summed E-state index contributed by atoms with van der Waals surface area (Å²) in [6.07, 6.45) is 1.80. The molecule has 7 nitrogen and oxygen atoms in total. The molecule has 3 aromatic heterocycles. The first-order chi connectivity index (χ1) is 12.5. The van der Waals surface area contributed by atoms with Gasteiger partial charge in [0.2, 0.25) is 0 Å². The van der Waals surface area contributed by atoms with Crippen LogP contribution in [0.5, 0.6) is 0 Å². The van der Waals surface area contributed by atoms with Crippen LogP contribution < -0.4 is 5.32 Å². The Hall–Kier alpha value is -3.22. The van der Waals surface area contributed by atoms with E-state index in [9.17, 15) is 0 Å². The molecule has 1 N–H and O–H groups in total. The number of hydrogen-bond acceptors (Lipinski definition) is 6. The highest BCUT2D eigenvalue weighted by atomic mass is 16.5. The van der Waals surface area contributed by atoms with E-state index in [1.807, 2.05) is 48.7 Å². The fourth-order valence-corrected chi connectivity index (χ4v) is 2.95. The van der Waals surface area contributed by atoms with Crippen molar-refractivity contribution in [1.82, 2.24) is 24.7 Å². The average Bonchev–Trinajstić information content (AvgIpc) is 3.19. The first-order valence-corrected chi connectivity index (χ1v) is 8.54. The first kappa shape index (κ1) is 16.3. The van der Waals surface area contributed by atoms with Gasteiger partial charge in [-0.25, -0.2) is 15.0 Å². The molecule has 7 heteroatoms. The topological polar surface area (TPSA) is 81.7 Å². The third-order valence-corrected chi connectivity index (χ3v) is 4.27. The summed E-state index contributed by atoms with van der Waals surface area (Å²) in [5.74, 6) is 1.94. The number of anilines is 2. The number of nitrogens with one attached hydrogen (secondary N) is 1. The van der Waals surface area contributed by atoms with E-state index in [4.69, 9.17) is 14.5 Å². The van der Waals surface area contributed by atoms with Crippen LogP contribution in [0.15, 0.2) is 41.2 Å². The van der Waals surface area contributed by atoms with Crippen LogP contribution in [0.3, 0.4) is 0 Å². The molecule has 4 rings (SSSR count). The molecule has 0 spiro atoms. The van der Waals surface area contributed by atoms with Crippen LogP contribution in [0.1, 0.15) is 31.3 Å². The van der Waals surface area contributed by atoms with E-state index < -0.39 is 0 Å². The number of nitrogens with zero attached hydrogens (tertiary/aromatic N) is 5. The lowest BCUT2D eigenvalue weighted by Gasteiger charge is -2.11. The zero-order chi connectivity index (χ0) is 18.3. The average molecular weight is 348 g/mol. The standard InChI is InChI=1S/C19H20N6O/c1-11(2)25-10-20-16-18(21-14-8-6-5-7-9-14)22-17(23-19(16)25)15-12(3)24-26-13(15)4/h5-11H,1-4H3,(H,21,22,23). The first-order valence-electron chi connectivity index (χ1n) is 8.54. The molecule has 0 unspecified atom stereocenters. The van der Waals surface area contributed by atoms with E-state index in [1.165, 1.54) is 0 Å². The van der Waals surface area contributed by atoms with Crippen molar-refractivity contribution < 1.29 is 4.52 Å². The molecular weight excluding hydrogens is 328 g/mol. The maximum absolute atomic E-state index is 5.31. The minimum atomic E-state index is 0.233. The molecule has 0 amide bonds. The second kappa shape index (κ2) is 6.25. The van der Waals surface area contributed by atoms with Gasteiger partial charge in [-0.3, -0.25) is 0 Å². The van der Waals surface area contributed by atoms with Crippen LogP contribution >= 0.6 is 0 Å². The highest BCUT2D eigenvalue weighted by Gasteiger charge is 2.20. The fourth-order valence-electron chi connectivity index (χ4n) is 2.95. The van der Waals surface area contributed by atoms with Crippen molar-refractivity contribution in [3.63, 3.8) is 0 Å². The molecule has 0 aliphatic carbocycles. The van der Waals surface area contributed by atoms with Crippen LogP contribution in [-0.4, -0.2) is 24.7 Å². The Labute approximate surface area is 151 Å². The van der Waals surface area contributed by atoms with Crippen molar-refractivity contribution >= 4 is 22.7 Å². The Kier molecular flexibility index (Phi) is 3.91. The maximum atomic E-state index is 5.31. The summed E-state index contributed by atoms with van der Waals surface area (Å²) in [4.78, 5) is 14.0. The summed E-state index contributed by atoms with van der Waals surface area (Å²) >= 11 is 0. The van der Waals surface area contributed by atoms with Gasteiger partial charge >= 0.3 is 0 Å². The lowest BCUT2D eigenvalue weighted by molar-refractivity contribution is 0.393. The summed E-state index contributed by atoms with van der Waals surface area (Å²) in [6.45, 7) is 7.96. The minimum Gasteiger partial charge on any atom is -0.361 e. The monoisotopic (exact) mass is 348 g/mol. The molecule has 0 bridgehead atoms. The third-order valence-electron chi connectivity index (χ3n) is 4.27. The van der Waals surface area contributed by atoms with E-state index in [0.29, 0.717) is 17.4 Å². The molecule has 0 atom stereocenters. The smallest absolute Gasteiger partial charge is 0.169 e. The number of imidazole rings is 1. The molecule has 4 aromatic rings. The maximum Gasteiger partial charge on any atom is 0.169 e. The van der Waals surface area contributed by atoms with Crippen molar-refractivity contribution in [2.45, 2.75) is 33.7 Å². The third kappa shape index (κ3) is 2.71. The van der Waals surface area contributed by atoms with Crippen molar-refractivity contribution in [2.75, 3.05) is 5.32 Å². The lowest BCUT2D eigenvalue weighted by atomic mass is 10.2. The Morgan fingerprint density at radius 1 is 1.08 bits per heavy atom. The number of hydrogen-bond donors (Lipinski definition) is 1. The molecule has 0 radical (unpaired) electrons. The van der Waals surface area contributed by atoms with Gasteiger partial charge in [0.25, 0.3) is 0 Å². The van der Waals surface area contributed by atoms with Crippen molar-refractivity contribution in [2.24, 2.45) is 0 Å². The number of aromatic nitrogens is 5. The largest absolute Gasteiger partial charge is 0.361 e. The number of para-hydroxylation sites is 1. The number of benzene rings is 1. The van der Waals surface area contributed by atoms with Crippen molar-refractivity contribution in [3.8, 4) is 11.4 Å². The Balaban J connectivity index is 1.94. The summed E-state index contributed by atoms with van der Waals surface area (Å²) in [5.41, 5.74) is 4.04. The van der Waals surface area contributed by atoms with Crippen LogP contribution in [0, 0.1) is 13.8 Å². The lowest BCUT2D eigenvalue weighted by Crippen LogP contribution is -2.04. The molecule has 0 aliphatic rings. The summed E-state index contributed by atoms with van der Waals surface area (Å²) < 4.78 is 7.34. The van der Waals surface area contributed by atoms with Crippen LogP contribution in [0.2, 0.25) is 0 Å². The van der Waals surface area contributed by atoms with Gasteiger partial charge in [0, 0.05) is 11.7 Å². The summed E-state index contributed by atoms with van der Waals surface area (Å²) in [5, 5.41) is 7.40. The van der Waals surface area contributed by atoms with Crippen molar-refractivity contribution in [1.29, 1.82) is 0 Å². The SMILES string of the molecule is Cc1noc(C)c1-c1nc(Nc2ccccc2)c2ncn(C(C)C)c2n1. The van der Waals surface area contributed by atoms with Crippen molar-refractivity contribution in [3.05, 3.63) is 48.1 Å². The zero-order valence-electron chi connectivity index (χ0n) is 15.2. The van der Waals surface area contributed by atoms with Crippen LogP contribution in [-0.2, 0) is 0 Å². The summed E-state index contributed by atoms with van der Waals surface area (Å²) in [7, 11) is 0. The Morgan fingerprint density at radius 2 is 1.85 bits per heavy atom. The molecule has 1 aromatic carbocycles. The molecule has 26 heavy (non-hydrogen) atoms. The quantitative estimate of drug-likeness (QED) is 0.588. The minimum absolute atomic E-state index is 0.233. The molecule has 0 saturated heterocycles. The molecule has 3 heterocycles. The highest BCUT2D eigenvalue weighted by Crippen LogP contribution is 2.30. The molecule has 0 aliphatic heterocycles. The summed E-state index contributed by atoms with van der Waals surface area (Å²) in [6, 6.07) is 10.1. The predicted octanol–water partition coefficient (Wildman–Crippen LogP) is 4.42. The highest BCUT2D eigenvalue weighted by molar-refractivity contribution is 5.87. The second-order valence-corrected chi connectivity index (χ2v) is 6.50. The van der Waals surface area contributed by atoms with Gasteiger partial charge in [-0.1, -0.05) is 23.4 Å². The van der Waals surface area contributed by atoms with Gasteiger partial charge in [-0.15, -0.1) is 0 Å². The molecule has 132 valence electrons. The van der Waals surface area contributed by atoms with Gasteiger partial charge in [0.05, 0.1) is 17.6 Å². The molecule has 0 fully saturated rings. The normalized spacial score (nSPS) is 11.4. The van der Waals surface area contributed by atoms with Gasteiger partial charge in [0.15, 0.2) is 22.8 Å². The zero-order valence-corrected chi connectivity index (χ0v) is 15.2. The van der Waals surface area contributed by atoms with E-state index in [2.05, 4.69) is 29.3 Å². The molecular formula is C19H20N6O. The predicted molar refractivity (Wildman–Crippen MR) is 100 cm³/mol. The number of aryl methyl sites for hydroxylation is 2. The van der Waals surface area contributed by atoms with Gasteiger partial charge in [0.1, 0.15) is 5.76 Å². The second-order valence-electron chi connectivity index (χ2n) is 6.50. The van der Waals surface area contributed by atoms with Crippen LogP contribution in [0.25, 0.3) is 22.6 Å². The van der Waals surface area contributed by atoms with E-state index in [1.54, 1.807) is 6.33 Å². The van der Waals surface area contributed by atoms with E-state index >= 15 is 0 Å². The molecule has 0 saturated carbocycles. The number of fused-ring (bicyclic) bond motifs is 1. The van der Waals surface area contributed by atoms with Gasteiger partial charge in [-0.05, 0) is 39.8 Å². The van der Waals surface area contributed by atoms with Gasteiger partial charge in [-0.2, -0.15) is 0 Å². The number of rotatable bonds is 4.